The number of esters is 1. The summed E-state index contributed by atoms with van der Waals surface area (Å²) in [5.41, 5.74) is -0.644. The van der Waals surface area contributed by atoms with Gasteiger partial charge in [-0.25, -0.2) is 9.78 Å². The Hall–Kier alpha value is -2.18. The molecular weight excluding hydrogens is 298 g/mol. The van der Waals surface area contributed by atoms with Crippen LogP contribution in [0.15, 0.2) is 18.6 Å². The van der Waals surface area contributed by atoms with Crippen LogP contribution < -0.4 is 4.90 Å². The maximum Gasteiger partial charge on any atom is 0.416 e. The standard InChI is InChI=1S/C16H23N3O4/c1-4-12(14(20)22-5-2)6-7-16(3)11-19(15(21)23-16)13-10-17-8-9-18-13/h8-10,12H,4-7,11H2,1-3H3/t12-,16-/m1/s1. The Balaban J connectivity index is 1.98. The number of anilines is 1. The molecule has 2 atom stereocenters. The molecule has 0 aromatic carbocycles. The quantitative estimate of drug-likeness (QED) is 0.718. The molecule has 1 aliphatic heterocycles. The van der Waals surface area contributed by atoms with Crippen LogP contribution in [0, 0.1) is 5.92 Å². The van der Waals surface area contributed by atoms with Crippen LogP contribution in [0.4, 0.5) is 10.6 Å². The molecule has 1 aromatic rings. The number of carbonyl (C=O) groups excluding carboxylic acids is 2. The summed E-state index contributed by atoms with van der Waals surface area (Å²) in [6, 6.07) is 0. The van der Waals surface area contributed by atoms with Crippen LogP contribution >= 0.6 is 0 Å². The minimum Gasteiger partial charge on any atom is -0.466 e. The van der Waals surface area contributed by atoms with Crippen LogP contribution in [-0.2, 0) is 14.3 Å². The number of nitrogens with zero attached hydrogens (tertiary/aromatic N) is 3. The van der Waals surface area contributed by atoms with Gasteiger partial charge in [0, 0.05) is 12.4 Å². The number of carbonyl (C=O) groups is 2. The minimum atomic E-state index is -0.644. The normalized spacial score (nSPS) is 21.9. The lowest BCUT2D eigenvalue weighted by Gasteiger charge is -2.23. The Labute approximate surface area is 136 Å². The van der Waals surface area contributed by atoms with E-state index in [2.05, 4.69) is 9.97 Å². The van der Waals surface area contributed by atoms with E-state index in [0.717, 1.165) is 0 Å². The van der Waals surface area contributed by atoms with Crippen molar-refractivity contribution in [2.45, 2.75) is 45.6 Å². The van der Waals surface area contributed by atoms with Gasteiger partial charge in [0.25, 0.3) is 0 Å². The monoisotopic (exact) mass is 321 g/mol. The van der Waals surface area contributed by atoms with Gasteiger partial charge >= 0.3 is 12.1 Å². The van der Waals surface area contributed by atoms with E-state index < -0.39 is 11.7 Å². The molecule has 7 nitrogen and oxygen atoms in total. The van der Waals surface area contributed by atoms with Crippen molar-refractivity contribution >= 4 is 17.9 Å². The van der Waals surface area contributed by atoms with Crippen LogP contribution in [0.2, 0.25) is 0 Å². The van der Waals surface area contributed by atoms with Gasteiger partial charge in [-0.1, -0.05) is 6.92 Å². The third-order valence-electron chi connectivity index (χ3n) is 4.01. The third kappa shape index (κ3) is 4.18. The number of rotatable bonds is 7. The van der Waals surface area contributed by atoms with Gasteiger partial charge in [0.2, 0.25) is 0 Å². The molecule has 0 N–H and O–H groups in total. The fourth-order valence-electron chi connectivity index (χ4n) is 2.66. The zero-order valence-corrected chi connectivity index (χ0v) is 13.8. The molecule has 0 saturated carbocycles. The maximum absolute atomic E-state index is 12.1. The molecule has 2 heterocycles. The first-order valence-electron chi connectivity index (χ1n) is 7.92. The van der Waals surface area contributed by atoms with Crippen LogP contribution in [0.3, 0.4) is 0 Å². The first kappa shape index (κ1) is 17.2. The van der Waals surface area contributed by atoms with Crippen LogP contribution in [0.5, 0.6) is 0 Å². The second-order valence-corrected chi connectivity index (χ2v) is 5.86. The summed E-state index contributed by atoms with van der Waals surface area (Å²) in [7, 11) is 0. The summed E-state index contributed by atoms with van der Waals surface area (Å²) in [4.78, 5) is 33.5. The Morgan fingerprint density at radius 3 is 2.87 bits per heavy atom. The van der Waals surface area contributed by atoms with E-state index in [4.69, 9.17) is 9.47 Å². The number of hydrogen-bond donors (Lipinski definition) is 0. The predicted octanol–water partition coefficient (Wildman–Crippen LogP) is 2.56. The molecule has 0 bridgehead atoms. The lowest BCUT2D eigenvalue weighted by Crippen LogP contribution is -2.33. The Bertz CT molecular complexity index is 552. The average Bonchev–Trinajstić information content (AvgIpc) is 2.84. The minimum absolute atomic E-state index is 0.170. The van der Waals surface area contributed by atoms with Gasteiger partial charge in [0.05, 0.1) is 25.3 Å². The maximum atomic E-state index is 12.1. The van der Waals surface area contributed by atoms with Gasteiger partial charge in [0.15, 0.2) is 5.82 Å². The van der Waals surface area contributed by atoms with E-state index in [0.29, 0.717) is 38.2 Å². The molecular formula is C16H23N3O4. The van der Waals surface area contributed by atoms with Crippen molar-refractivity contribution in [2.75, 3.05) is 18.1 Å². The van der Waals surface area contributed by atoms with Gasteiger partial charge < -0.3 is 9.47 Å². The molecule has 1 saturated heterocycles. The molecule has 0 aliphatic carbocycles. The van der Waals surface area contributed by atoms with Crippen molar-refractivity contribution in [1.29, 1.82) is 0 Å². The van der Waals surface area contributed by atoms with E-state index >= 15 is 0 Å². The molecule has 126 valence electrons. The topological polar surface area (TPSA) is 81.6 Å². The molecule has 0 radical (unpaired) electrons. The molecule has 7 heteroatoms. The predicted molar refractivity (Wildman–Crippen MR) is 83.9 cm³/mol. The number of hydrogen-bond acceptors (Lipinski definition) is 6. The fourth-order valence-corrected chi connectivity index (χ4v) is 2.66. The lowest BCUT2D eigenvalue weighted by atomic mass is 9.92. The van der Waals surface area contributed by atoms with Gasteiger partial charge in [-0.3, -0.25) is 14.7 Å². The molecule has 2 rings (SSSR count). The van der Waals surface area contributed by atoms with E-state index in [1.54, 1.807) is 13.1 Å². The zero-order valence-electron chi connectivity index (χ0n) is 13.8. The van der Waals surface area contributed by atoms with Crippen molar-refractivity contribution in [1.82, 2.24) is 9.97 Å². The Morgan fingerprint density at radius 1 is 1.48 bits per heavy atom. The molecule has 1 aromatic heterocycles. The highest BCUT2D eigenvalue weighted by molar-refractivity contribution is 5.88. The SMILES string of the molecule is CCOC(=O)[C@H](CC)CC[C@]1(C)CN(c2cnccn2)C(=O)O1. The van der Waals surface area contributed by atoms with Gasteiger partial charge in [-0.15, -0.1) is 0 Å². The highest BCUT2D eigenvalue weighted by Gasteiger charge is 2.43. The molecule has 23 heavy (non-hydrogen) atoms. The van der Waals surface area contributed by atoms with E-state index in [1.807, 2.05) is 13.8 Å². The number of cyclic esters (lactones) is 1. The summed E-state index contributed by atoms with van der Waals surface area (Å²) < 4.78 is 10.6. The molecule has 1 aliphatic rings. The highest BCUT2D eigenvalue weighted by atomic mass is 16.6. The molecule has 1 fully saturated rings. The largest absolute Gasteiger partial charge is 0.466 e. The Morgan fingerprint density at radius 2 is 2.26 bits per heavy atom. The van der Waals surface area contributed by atoms with Crippen molar-refractivity contribution in [3.05, 3.63) is 18.6 Å². The van der Waals surface area contributed by atoms with Crippen LogP contribution in [0.25, 0.3) is 0 Å². The van der Waals surface area contributed by atoms with Gasteiger partial charge in [-0.05, 0) is 33.1 Å². The molecule has 0 spiro atoms. The molecule has 1 amide bonds. The average molecular weight is 321 g/mol. The summed E-state index contributed by atoms with van der Waals surface area (Å²) in [5, 5.41) is 0. The van der Waals surface area contributed by atoms with Gasteiger partial charge in [0.1, 0.15) is 5.60 Å². The zero-order chi connectivity index (χ0) is 16.9. The van der Waals surface area contributed by atoms with E-state index in [9.17, 15) is 9.59 Å². The fraction of sp³-hybridized carbons (Fsp3) is 0.625. The number of aromatic nitrogens is 2. The highest BCUT2D eigenvalue weighted by Crippen LogP contribution is 2.31. The summed E-state index contributed by atoms with van der Waals surface area (Å²) >= 11 is 0. The van der Waals surface area contributed by atoms with Crippen molar-refractivity contribution in [3.8, 4) is 0 Å². The summed E-state index contributed by atoms with van der Waals surface area (Å²) in [5.74, 6) is 0.114. The number of ether oxygens (including phenoxy) is 2. The summed E-state index contributed by atoms with van der Waals surface area (Å²) in [6.45, 7) is 6.39. The van der Waals surface area contributed by atoms with Crippen LogP contribution in [-0.4, -0.2) is 40.8 Å². The van der Waals surface area contributed by atoms with Crippen molar-refractivity contribution in [3.63, 3.8) is 0 Å². The smallest absolute Gasteiger partial charge is 0.416 e. The van der Waals surface area contributed by atoms with E-state index in [1.165, 1.54) is 17.3 Å². The summed E-state index contributed by atoms with van der Waals surface area (Å²) in [6.07, 6.45) is 6.09. The third-order valence-corrected chi connectivity index (χ3v) is 4.01. The Kier molecular flexibility index (Phi) is 5.52. The van der Waals surface area contributed by atoms with Crippen LogP contribution in [0.1, 0.15) is 40.0 Å². The van der Waals surface area contributed by atoms with E-state index in [-0.39, 0.29) is 11.9 Å². The first-order chi connectivity index (χ1) is 11.0. The number of amides is 1. The second-order valence-electron chi connectivity index (χ2n) is 5.86. The van der Waals surface area contributed by atoms with Crippen molar-refractivity contribution in [2.24, 2.45) is 5.92 Å². The molecule has 0 unspecified atom stereocenters. The first-order valence-corrected chi connectivity index (χ1v) is 7.92. The van der Waals surface area contributed by atoms with Crippen molar-refractivity contribution < 1.29 is 19.1 Å². The second kappa shape index (κ2) is 7.39. The van der Waals surface area contributed by atoms with Gasteiger partial charge in [-0.2, -0.15) is 0 Å². The lowest BCUT2D eigenvalue weighted by molar-refractivity contribution is -0.148.